The van der Waals surface area contributed by atoms with Crippen LogP contribution >= 0.6 is 0 Å². The maximum Gasteiger partial charge on any atom is 0.408 e. The van der Waals surface area contributed by atoms with E-state index in [-0.39, 0.29) is 12.4 Å². The summed E-state index contributed by atoms with van der Waals surface area (Å²) < 4.78 is 24.6. The van der Waals surface area contributed by atoms with Crippen LogP contribution < -0.4 is 5.32 Å². The number of benzene rings is 2. The Balaban J connectivity index is 1.59. The fraction of sp³-hybridized carbons (Fsp3) is 0.304. The van der Waals surface area contributed by atoms with E-state index in [9.17, 15) is 14.0 Å². The number of hydrogen-bond donors (Lipinski definition) is 1. The van der Waals surface area contributed by atoms with Gasteiger partial charge in [0.1, 0.15) is 18.5 Å². The number of halogens is 1. The standard InChI is InChI=1S/C23H22FNO4/c24-19-11-9-17(10-12-19)21(23-13-5-4-8-18(23)14-20(26)29-23)25-22(27)28-15-16-6-2-1-3-7-16/h1-3,6-7,9-12,14,21H,4-5,8,13,15H2,(H,25,27)/t21-,23-/m0/s1. The zero-order valence-electron chi connectivity index (χ0n) is 15.9. The van der Waals surface area contributed by atoms with Crippen LogP contribution in [-0.4, -0.2) is 17.7 Å². The Kier molecular flexibility index (Phi) is 5.34. The van der Waals surface area contributed by atoms with E-state index in [2.05, 4.69) is 5.32 Å². The van der Waals surface area contributed by atoms with E-state index in [4.69, 9.17) is 9.47 Å². The molecule has 1 N–H and O–H groups in total. The van der Waals surface area contributed by atoms with Gasteiger partial charge in [0.15, 0.2) is 5.60 Å². The number of hydrogen-bond acceptors (Lipinski definition) is 4. The van der Waals surface area contributed by atoms with Crippen molar-refractivity contribution in [1.29, 1.82) is 0 Å². The van der Waals surface area contributed by atoms with Gasteiger partial charge >= 0.3 is 12.1 Å². The highest BCUT2D eigenvalue weighted by molar-refractivity contribution is 5.87. The van der Waals surface area contributed by atoms with Crippen LogP contribution in [0.4, 0.5) is 9.18 Å². The molecule has 0 saturated heterocycles. The smallest absolute Gasteiger partial charge is 0.408 e. The number of rotatable bonds is 5. The van der Waals surface area contributed by atoms with Crippen LogP contribution in [0.2, 0.25) is 0 Å². The van der Waals surface area contributed by atoms with Gasteiger partial charge in [-0.2, -0.15) is 0 Å². The molecule has 6 heteroatoms. The van der Waals surface area contributed by atoms with Gasteiger partial charge in [0.05, 0.1) is 0 Å². The van der Waals surface area contributed by atoms with E-state index in [0.717, 1.165) is 30.4 Å². The lowest BCUT2D eigenvalue weighted by Crippen LogP contribution is -2.49. The number of alkyl carbamates (subject to hydrolysis) is 1. The van der Waals surface area contributed by atoms with Gasteiger partial charge in [0.2, 0.25) is 0 Å². The average Bonchev–Trinajstić information content (AvgIpc) is 3.08. The Morgan fingerprint density at radius 1 is 1.14 bits per heavy atom. The maximum atomic E-state index is 13.5. The van der Waals surface area contributed by atoms with Crippen molar-refractivity contribution in [1.82, 2.24) is 5.32 Å². The molecule has 2 atom stereocenters. The van der Waals surface area contributed by atoms with E-state index in [0.29, 0.717) is 12.0 Å². The van der Waals surface area contributed by atoms with Gasteiger partial charge in [-0.15, -0.1) is 0 Å². The summed E-state index contributed by atoms with van der Waals surface area (Å²) in [6.07, 6.45) is 4.04. The Hall–Kier alpha value is -3.15. The Bertz CT molecular complexity index is 926. The molecule has 2 aromatic rings. The highest BCUT2D eigenvalue weighted by Crippen LogP contribution is 2.48. The molecule has 2 aromatic carbocycles. The predicted octanol–water partition coefficient (Wildman–Crippen LogP) is 4.59. The number of carbonyl (C=O) groups excluding carboxylic acids is 2. The monoisotopic (exact) mass is 395 g/mol. The third-order valence-corrected chi connectivity index (χ3v) is 5.51. The second-order valence-electron chi connectivity index (χ2n) is 7.38. The van der Waals surface area contributed by atoms with Gasteiger partial charge in [-0.1, -0.05) is 42.5 Å². The maximum absolute atomic E-state index is 13.5. The third kappa shape index (κ3) is 4.01. The van der Waals surface area contributed by atoms with Crippen LogP contribution in [0.15, 0.2) is 66.2 Å². The topological polar surface area (TPSA) is 64.6 Å². The predicted molar refractivity (Wildman–Crippen MR) is 104 cm³/mol. The fourth-order valence-electron chi connectivity index (χ4n) is 4.13. The number of fused-ring (bicyclic) bond motifs is 1. The van der Waals surface area contributed by atoms with Gasteiger partial charge in [-0.3, -0.25) is 0 Å². The SMILES string of the molecule is O=C1C=C2CCCC[C@]2([C@@H](NC(=O)OCc2ccccc2)c2ccc(F)cc2)O1. The average molecular weight is 395 g/mol. The quantitative estimate of drug-likeness (QED) is 0.752. The summed E-state index contributed by atoms with van der Waals surface area (Å²) in [6.45, 7) is 0.123. The molecular weight excluding hydrogens is 373 g/mol. The molecule has 2 aliphatic rings. The van der Waals surface area contributed by atoms with E-state index < -0.39 is 23.7 Å². The van der Waals surface area contributed by atoms with Crippen LogP contribution in [0.3, 0.4) is 0 Å². The molecule has 1 saturated carbocycles. The highest BCUT2D eigenvalue weighted by atomic mass is 19.1. The van der Waals surface area contributed by atoms with Crippen LogP contribution in [-0.2, 0) is 20.9 Å². The molecule has 29 heavy (non-hydrogen) atoms. The molecule has 1 amide bonds. The van der Waals surface area contributed by atoms with Crippen molar-refractivity contribution in [2.45, 2.75) is 43.9 Å². The molecule has 0 radical (unpaired) electrons. The molecular formula is C23H22FNO4. The normalized spacial score (nSPS) is 21.6. The largest absolute Gasteiger partial charge is 0.449 e. The van der Waals surface area contributed by atoms with Crippen LogP contribution in [0.5, 0.6) is 0 Å². The first-order chi connectivity index (χ1) is 14.1. The fourth-order valence-corrected chi connectivity index (χ4v) is 4.13. The number of nitrogens with one attached hydrogen (secondary N) is 1. The van der Waals surface area contributed by atoms with Gasteiger partial charge in [-0.25, -0.2) is 14.0 Å². The van der Waals surface area contributed by atoms with Crippen molar-refractivity contribution in [3.63, 3.8) is 0 Å². The summed E-state index contributed by atoms with van der Waals surface area (Å²) in [5, 5.41) is 2.87. The minimum Gasteiger partial charge on any atom is -0.449 e. The summed E-state index contributed by atoms with van der Waals surface area (Å²) in [7, 11) is 0. The first-order valence-corrected chi connectivity index (χ1v) is 9.73. The molecule has 5 nitrogen and oxygen atoms in total. The summed E-state index contributed by atoms with van der Waals surface area (Å²) in [5.41, 5.74) is 1.43. The van der Waals surface area contributed by atoms with Gasteiger partial charge in [0, 0.05) is 6.08 Å². The minimum atomic E-state index is -0.959. The van der Waals surface area contributed by atoms with Crippen LogP contribution in [0, 0.1) is 5.82 Å². The molecule has 1 fully saturated rings. The van der Waals surface area contributed by atoms with E-state index in [1.54, 1.807) is 12.1 Å². The van der Waals surface area contributed by atoms with E-state index in [1.807, 2.05) is 30.3 Å². The highest BCUT2D eigenvalue weighted by Gasteiger charge is 2.51. The molecule has 150 valence electrons. The van der Waals surface area contributed by atoms with Crippen molar-refractivity contribution < 1.29 is 23.5 Å². The van der Waals surface area contributed by atoms with Gasteiger partial charge in [0.25, 0.3) is 0 Å². The van der Waals surface area contributed by atoms with Crippen molar-refractivity contribution in [3.05, 3.63) is 83.2 Å². The molecule has 0 unspecified atom stereocenters. The van der Waals surface area contributed by atoms with Gasteiger partial charge < -0.3 is 14.8 Å². The van der Waals surface area contributed by atoms with E-state index in [1.165, 1.54) is 18.2 Å². The van der Waals surface area contributed by atoms with Crippen molar-refractivity contribution in [2.24, 2.45) is 0 Å². The molecule has 0 spiro atoms. The number of amides is 1. The van der Waals surface area contributed by atoms with E-state index >= 15 is 0 Å². The summed E-state index contributed by atoms with van der Waals surface area (Å²) in [6, 6.07) is 14.6. The molecule has 0 aromatic heterocycles. The lowest BCUT2D eigenvalue weighted by molar-refractivity contribution is -0.150. The second kappa shape index (κ2) is 8.07. The Morgan fingerprint density at radius 3 is 2.66 bits per heavy atom. The minimum absolute atomic E-state index is 0.123. The number of esters is 1. The second-order valence-corrected chi connectivity index (χ2v) is 7.38. The van der Waals surface area contributed by atoms with Crippen LogP contribution in [0.1, 0.15) is 42.9 Å². The lowest BCUT2D eigenvalue weighted by Gasteiger charge is -2.41. The first kappa shape index (κ1) is 19.2. The molecule has 0 bridgehead atoms. The van der Waals surface area contributed by atoms with Gasteiger partial charge in [-0.05, 0) is 54.5 Å². The molecule has 1 heterocycles. The van der Waals surface area contributed by atoms with Crippen molar-refractivity contribution in [3.8, 4) is 0 Å². The Morgan fingerprint density at radius 2 is 1.90 bits per heavy atom. The lowest BCUT2D eigenvalue weighted by atomic mass is 9.74. The first-order valence-electron chi connectivity index (χ1n) is 9.73. The van der Waals surface area contributed by atoms with Crippen molar-refractivity contribution in [2.75, 3.05) is 0 Å². The zero-order valence-corrected chi connectivity index (χ0v) is 15.9. The number of carbonyl (C=O) groups is 2. The Labute approximate surface area is 168 Å². The summed E-state index contributed by atoms with van der Waals surface area (Å²) in [5.74, 6) is -0.784. The summed E-state index contributed by atoms with van der Waals surface area (Å²) in [4.78, 5) is 24.7. The zero-order chi connectivity index (χ0) is 20.3. The third-order valence-electron chi connectivity index (χ3n) is 5.51. The molecule has 1 aliphatic heterocycles. The molecule has 1 aliphatic carbocycles. The summed E-state index contributed by atoms with van der Waals surface area (Å²) >= 11 is 0. The molecule has 4 rings (SSSR count). The van der Waals surface area contributed by atoms with Crippen molar-refractivity contribution >= 4 is 12.1 Å². The van der Waals surface area contributed by atoms with Crippen LogP contribution in [0.25, 0.3) is 0 Å². The number of ether oxygens (including phenoxy) is 2.